The molecule has 0 radical (unpaired) electrons. The summed E-state index contributed by atoms with van der Waals surface area (Å²) in [6.07, 6.45) is 3.58. The van der Waals surface area contributed by atoms with Crippen molar-refractivity contribution < 1.29 is 13.9 Å². The van der Waals surface area contributed by atoms with Crippen LogP contribution in [-0.4, -0.2) is 23.2 Å². The Balaban J connectivity index is 1.53. The smallest absolute Gasteiger partial charge is 0.228 e. The van der Waals surface area contributed by atoms with Gasteiger partial charge in [-0.25, -0.2) is 0 Å². The van der Waals surface area contributed by atoms with Gasteiger partial charge in [0, 0.05) is 28.1 Å². The van der Waals surface area contributed by atoms with Crippen molar-refractivity contribution in [2.24, 2.45) is 0 Å². The van der Waals surface area contributed by atoms with E-state index in [4.69, 9.17) is 9.15 Å². The normalized spacial score (nSPS) is 11.0. The predicted molar refractivity (Wildman–Crippen MR) is 91.2 cm³/mol. The van der Waals surface area contributed by atoms with Crippen LogP contribution in [0.4, 0.5) is 5.69 Å². The highest BCUT2D eigenvalue weighted by molar-refractivity contribution is 5.97. The fourth-order valence-corrected chi connectivity index (χ4v) is 2.73. The van der Waals surface area contributed by atoms with Gasteiger partial charge >= 0.3 is 0 Å². The first-order chi connectivity index (χ1) is 11.7. The summed E-state index contributed by atoms with van der Waals surface area (Å²) in [4.78, 5) is 12.3. The lowest BCUT2D eigenvalue weighted by Gasteiger charge is -2.05. The van der Waals surface area contributed by atoms with E-state index in [0.29, 0.717) is 5.58 Å². The number of nitrogens with one attached hydrogen (secondary N) is 2. The Morgan fingerprint density at radius 2 is 2.21 bits per heavy atom. The third-order valence-corrected chi connectivity index (χ3v) is 3.94. The Kier molecular flexibility index (Phi) is 3.42. The first-order valence-electron chi connectivity index (χ1n) is 7.50. The molecular weight excluding hydrogens is 306 g/mol. The summed E-state index contributed by atoms with van der Waals surface area (Å²) in [6.45, 7) is 0. The SMILES string of the molecule is COc1ccc2c(CC(=O)Nc3ccc4[nH]ncc4c3)coc2c1. The molecule has 4 aromatic rings. The summed E-state index contributed by atoms with van der Waals surface area (Å²) in [7, 11) is 1.61. The van der Waals surface area contributed by atoms with Gasteiger partial charge in [0.05, 0.1) is 31.5 Å². The molecule has 0 atom stereocenters. The first kappa shape index (κ1) is 14.3. The molecule has 4 rings (SSSR count). The van der Waals surface area contributed by atoms with Crippen LogP contribution in [0.25, 0.3) is 21.9 Å². The molecule has 2 aromatic carbocycles. The Morgan fingerprint density at radius 3 is 3.08 bits per heavy atom. The molecule has 120 valence electrons. The molecule has 0 bridgehead atoms. The molecule has 0 aliphatic heterocycles. The van der Waals surface area contributed by atoms with Crippen molar-refractivity contribution in [3.8, 4) is 5.75 Å². The number of hydrogen-bond donors (Lipinski definition) is 2. The van der Waals surface area contributed by atoms with Crippen molar-refractivity contribution in [3.05, 3.63) is 54.4 Å². The highest BCUT2D eigenvalue weighted by Gasteiger charge is 2.12. The van der Waals surface area contributed by atoms with Crippen LogP contribution in [0.15, 0.2) is 53.3 Å². The third-order valence-electron chi connectivity index (χ3n) is 3.94. The number of carbonyl (C=O) groups excluding carboxylic acids is 1. The molecule has 1 amide bonds. The van der Waals surface area contributed by atoms with Crippen LogP contribution >= 0.6 is 0 Å². The van der Waals surface area contributed by atoms with E-state index >= 15 is 0 Å². The Bertz CT molecular complexity index is 1030. The second kappa shape index (κ2) is 5.73. The second-order valence-electron chi connectivity index (χ2n) is 5.52. The monoisotopic (exact) mass is 321 g/mol. The maximum absolute atomic E-state index is 12.3. The average molecular weight is 321 g/mol. The molecule has 6 heteroatoms. The van der Waals surface area contributed by atoms with Gasteiger partial charge in [-0.1, -0.05) is 0 Å². The van der Waals surface area contributed by atoms with Gasteiger partial charge in [-0.2, -0.15) is 5.10 Å². The summed E-state index contributed by atoms with van der Waals surface area (Å²) < 4.78 is 10.7. The number of methoxy groups -OCH3 is 1. The topological polar surface area (TPSA) is 80.1 Å². The minimum Gasteiger partial charge on any atom is -0.497 e. The van der Waals surface area contributed by atoms with Gasteiger partial charge in [-0.05, 0) is 30.3 Å². The third kappa shape index (κ3) is 2.58. The Labute approximate surface area is 137 Å². The molecular formula is C18H15N3O3. The van der Waals surface area contributed by atoms with E-state index in [2.05, 4.69) is 15.5 Å². The number of nitrogens with zero attached hydrogens (tertiary/aromatic N) is 1. The lowest BCUT2D eigenvalue weighted by molar-refractivity contribution is -0.115. The Morgan fingerprint density at radius 1 is 1.29 bits per heavy atom. The van der Waals surface area contributed by atoms with Gasteiger partial charge in [-0.3, -0.25) is 9.89 Å². The number of ether oxygens (including phenoxy) is 1. The van der Waals surface area contributed by atoms with E-state index in [0.717, 1.165) is 33.3 Å². The van der Waals surface area contributed by atoms with Crippen molar-refractivity contribution in [2.75, 3.05) is 12.4 Å². The zero-order chi connectivity index (χ0) is 16.5. The fourth-order valence-electron chi connectivity index (χ4n) is 2.73. The average Bonchev–Trinajstić information content (AvgIpc) is 3.21. The number of hydrogen-bond acceptors (Lipinski definition) is 4. The molecule has 0 saturated heterocycles. The predicted octanol–water partition coefficient (Wildman–Crippen LogP) is 3.50. The number of furan rings is 1. The van der Waals surface area contributed by atoms with E-state index in [9.17, 15) is 4.79 Å². The summed E-state index contributed by atoms with van der Waals surface area (Å²) >= 11 is 0. The number of benzene rings is 2. The number of aromatic amines is 1. The molecule has 0 spiro atoms. The summed E-state index contributed by atoms with van der Waals surface area (Å²) in [5, 5.41) is 11.6. The van der Waals surface area contributed by atoms with E-state index in [1.807, 2.05) is 36.4 Å². The van der Waals surface area contributed by atoms with Gasteiger partial charge in [0.1, 0.15) is 11.3 Å². The lowest BCUT2D eigenvalue weighted by Crippen LogP contribution is -2.14. The maximum atomic E-state index is 12.3. The van der Waals surface area contributed by atoms with E-state index in [1.165, 1.54) is 0 Å². The van der Waals surface area contributed by atoms with Crippen LogP contribution in [0.1, 0.15) is 5.56 Å². The van der Waals surface area contributed by atoms with Gasteiger partial charge < -0.3 is 14.5 Å². The number of anilines is 1. The van der Waals surface area contributed by atoms with E-state index < -0.39 is 0 Å². The van der Waals surface area contributed by atoms with Crippen molar-refractivity contribution in [2.45, 2.75) is 6.42 Å². The zero-order valence-corrected chi connectivity index (χ0v) is 13.0. The maximum Gasteiger partial charge on any atom is 0.228 e. The van der Waals surface area contributed by atoms with Crippen molar-refractivity contribution in [1.82, 2.24) is 10.2 Å². The van der Waals surface area contributed by atoms with Crippen molar-refractivity contribution >= 4 is 33.5 Å². The highest BCUT2D eigenvalue weighted by atomic mass is 16.5. The molecule has 2 N–H and O–H groups in total. The first-order valence-corrected chi connectivity index (χ1v) is 7.50. The van der Waals surface area contributed by atoms with Gasteiger partial charge in [0.2, 0.25) is 5.91 Å². The standard InChI is InChI=1S/C18H15N3O3/c1-23-14-3-4-15-12(10-24-17(15)8-14)7-18(22)20-13-2-5-16-11(6-13)9-19-21-16/h2-6,8-10H,7H2,1H3,(H,19,21)(H,20,22). The van der Waals surface area contributed by atoms with Crippen LogP contribution in [0.5, 0.6) is 5.75 Å². The lowest BCUT2D eigenvalue weighted by atomic mass is 10.1. The highest BCUT2D eigenvalue weighted by Crippen LogP contribution is 2.26. The summed E-state index contributed by atoms with van der Waals surface area (Å²) in [5.41, 5.74) is 3.22. The summed E-state index contributed by atoms with van der Waals surface area (Å²) in [5.74, 6) is 0.623. The molecule has 0 saturated carbocycles. The molecule has 6 nitrogen and oxygen atoms in total. The molecule has 2 aromatic heterocycles. The number of amides is 1. The molecule has 0 aliphatic rings. The van der Waals surface area contributed by atoms with Gasteiger partial charge in [0.25, 0.3) is 0 Å². The number of carbonyl (C=O) groups is 1. The van der Waals surface area contributed by atoms with Gasteiger partial charge in [-0.15, -0.1) is 0 Å². The number of fused-ring (bicyclic) bond motifs is 2. The fraction of sp³-hybridized carbons (Fsp3) is 0.111. The summed E-state index contributed by atoms with van der Waals surface area (Å²) in [6, 6.07) is 11.2. The molecule has 2 heterocycles. The molecule has 0 fully saturated rings. The van der Waals surface area contributed by atoms with E-state index in [1.54, 1.807) is 19.6 Å². The van der Waals surface area contributed by atoms with Crippen LogP contribution in [0, 0.1) is 0 Å². The largest absolute Gasteiger partial charge is 0.497 e. The van der Waals surface area contributed by atoms with E-state index in [-0.39, 0.29) is 12.3 Å². The van der Waals surface area contributed by atoms with Gasteiger partial charge in [0.15, 0.2) is 0 Å². The minimum absolute atomic E-state index is 0.101. The van der Waals surface area contributed by atoms with Crippen molar-refractivity contribution in [3.63, 3.8) is 0 Å². The van der Waals surface area contributed by atoms with Crippen LogP contribution in [-0.2, 0) is 11.2 Å². The number of H-pyrrole nitrogens is 1. The minimum atomic E-state index is -0.101. The molecule has 0 aliphatic carbocycles. The molecule has 0 unspecified atom stereocenters. The van der Waals surface area contributed by atoms with Crippen molar-refractivity contribution in [1.29, 1.82) is 0 Å². The zero-order valence-electron chi connectivity index (χ0n) is 13.0. The molecule has 24 heavy (non-hydrogen) atoms. The Hall–Kier alpha value is -3.28. The quantitative estimate of drug-likeness (QED) is 0.603. The second-order valence-corrected chi connectivity index (χ2v) is 5.52. The van der Waals surface area contributed by atoms with Crippen LogP contribution < -0.4 is 10.1 Å². The number of rotatable bonds is 4. The van der Waals surface area contributed by atoms with Crippen LogP contribution in [0.2, 0.25) is 0 Å². The number of aromatic nitrogens is 2. The van der Waals surface area contributed by atoms with Crippen LogP contribution in [0.3, 0.4) is 0 Å².